The predicted molar refractivity (Wildman–Crippen MR) is 84.2 cm³/mol. The number of carbonyl (C=O) groups is 4. The fraction of sp³-hybridized carbons (Fsp3) is 0.538. The molecule has 0 aromatic rings. The van der Waals surface area contributed by atoms with Gasteiger partial charge < -0.3 is 31.3 Å². The maximum atomic E-state index is 10.6. The summed E-state index contributed by atoms with van der Waals surface area (Å²) in [7, 11) is 0. The lowest BCUT2D eigenvalue weighted by Crippen LogP contribution is -2.43. The second-order valence-corrected chi connectivity index (χ2v) is 4.62. The summed E-state index contributed by atoms with van der Waals surface area (Å²) in [6.45, 7) is -1.84. The lowest BCUT2D eigenvalue weighted by atomic mass is 10.4. The predicted octanol–water partition coefficient (Wildman–Crippen LogP) is -2.05. The Balaban J connectivity index is 0. The molecule has 0 aliphatic carbocycles. The summed E-state index contributed by atoms with van der Waals surface area (Å²) >= 11 is 0. The van der Waals surface area contributed by atoms with Crippen molar-refractivity contribution in [2.45, 2.75) is 0 Å². The SMILES string of the molecule is NCC=CO.O=C(O)CN(CCN(CC(=O)O)CC(=O)O)CC(=O)O. The molecule has 0 heterocycles. The quantitative estimate of drug-likeness (QED) is 0.207. The molecule has 144 valence electrons. The van der Waals surface area contributed by atoms with Crippen molar-refractivity contribution in [1.82, 2.24) is 9.80 Å². The molecule has 0 atom stereocenters. The van der Waals surface area contributed by atoms with Gasteiger partial charge in [-0.3, -0.25) is 29.0 Å². The van der Waals surface area contributed by atoms with E-state index in [1.807, 2.05) is 0 Å². The van der Waals surface area contributed by atoms with E-state index in [9.17, 15) is 19.2 Å². The van der Waals surface area contributed by atoms with E-state index in [1.165, 1.54) is 6.08 Å². The minimum Gasteiger partial charge on any atom is -0.516 e. The molecular formula is C13H23N3O9. The Morgan fingerprint density at radius 3 is 1.12 bits per heavy atom. The van der Waals surface area contributed by atoms with Crippen molar-refractivity contribution in [1.29, 1.82) is 0 Å². The van der Waals surface area contributed by atoms with Crippen LogP contribution in [0, 0.1) is 0 Å². The van der Waals surface area contributed by atoms with Crippen molar-refractivity contribution in [2.75, 3.05) is 45.8 Å². The number of aliphatic hydroxyl groups excluding tert-OH is 1. The van der Waals surface area contributed by atoms with Crippen LogP contribution in [0.4, 0.5) is 0 Å². The minimum atomic E-state index is -1.23. The highest BCUT2D eigenvalue weighted by molar-refractivity contribution is 5.73. The number of nitrogens with zero attached hydrogens (tertiary/aromatic N) is 2. The maximum Gasteiger partial charge on any atom is 0.317 e. The van der Waals surface area contributed by atoms with Gasteiger partial charge >= 0.3 is 23.9 Å². The molecule has 0 radical (unpaired) electrons. The van der Waals surface area contributed by atoms with Crippen LogP contribution in [0.5, 0.6) is 0 Å². The second-order valence-electron chi connectivity index (χ2n) is 4.62. The summed E-state index contributed by atoms with van der Waals surface area (Å²) in [5, 5.41) is 42.3. The van der Waals surface area contributed by atoms with E-state index < -0.39 is 50.1 Å². The molecule has 0 fully saturated rings. The van der Waals surface area contributed by atoms with Gasteiger partial charge in [0.2, 0.25) is 0 Å². The number of nitrogens with two attached hydrogens (primary N) is 1. The van der Waals surface area contributed by atoms with Crippen LogP contribution in [0.1, 0.15) is 0 Å². The normalized spacial score (nSPS) is 10.5. The van der Waals surface area contributed by atoms with Gasteiger partial charge in [0, 0.05) is 19.6 Å². The first-order chi connectivity index (χ1) is 11.6. The molecule has 0 unspecified atom stereocenters. The zero-order valence-corrected chi connectivity index (χ0v) is 13.4. The Morgan fingerprint density at radius 2 is 1.00 bits per heavy atom. The fourth-order valence-electron chi connectivity index (χ4n) is 1.54. The summed E-state index contributed by atoms with van der Waals surface area (Å²) in [6, 6.07) is 0. The zero-order valence-electron chi connectivity index (χ0n) is 13.4. The number of carboxylic acid groups (broad SMARTS) is 4. The third kappa shape index (κ3) is 19.3. The molecule has 0 rings (SSSR count). The Morgan fingerprint density at radius 1 is 0.720 bits per heavy atom. The minimum absolute atomic E-state index is 0.0703. The average Bonchev–Trinajstić information content (AvgIpc) is 2.43. The summed E-state index contributed by atoms with van der Waals surface area (Å²) in [5.41, 5.74) is 4.89. The number of aliphatic hydroxyl groups is 1. The van der Waals surface area contributed by atoms with Crippen molar-refractivity contribution in [2.24, 2.45) is 5.73 Å². The van der Waals surface area contributed by atoms with Crippen LogP contribution in [0.3, 0.4) is 0 Å². The van der Waals surface area contributed by atoms with Crippen LogP contribution in [0.2, 0.25) is 0 Å². The van der Waals surface area contributed by atoms with Crippen molar-refractivity contribution in [3.8, 4) is 0 Å². The van der Waals surface area contributed by atoms with Crippen LogP contribution in [0.25, 0.3) is 0 Å². The van der Waals surface area contributed by atoms with Crippen molar-refractivity contribution >= 4 is 23.9 Å². The lowest BCUT2D eigenvalue weighted by Gasteiger charge is -2.23. The van der Waals surface area contributed by atoms with Gasteiger partial charge in [0.15, 0.2) is 0 Å². The number of carboxylic acids is 4. The summed E-state index contributed by atoms with van der Waals surface area (Å²) in [5.74, 6) is -4.91. The van der Waals surface area contributed by atoms with Crippen molar-refractivity contribution in [3.05, 3.63) is 12.3 Å². The van der Waals surface area contributed by atoms with Crippen LogP contribution in [0.15, 0.2) is 12.3 Å². The smallest absolute Gasteiger partial charge is 0.317 e. The van der Waals surface area contributed by atoms with E-state index in [-0.39, 0.29) is 13.1 Å². The van der Waals surface area contributed by atoms with Gasteiger partial charge in [-0.2, -0.15) is 0 Å². The first-order valence-corrected chi connectivity index (χ1v) is 6.93. The summed E-state index contributed by atoms with van der Waals surface area (Å²) in [6.07, 6.45) is 2.39. The number of aliphatic carboxylic acids is 4. The van der Waals surface area contributed by atoms with E-state index in [0.717, 1.165) is 16.1 Å². The highest BCUT2D eigenvalue weighted by Crippen LogP contribution is 1.94. The van der Waals surface area contributed by atoms with E-state index >= 15 is 0 Å². The molecule has 25 heavy (non-hydrogen) atoms. The van der Waals surface area contributed by atoms with Gasteiger partial charge in [-0.15, -0.1) is 0 Å². The third-order valence-corrected chi connectivity index (χ3v) is 2.41. The standard InChI is InChI=1S/C10H16N2O8.C3H7NO/c13-7(14)3-11(4-8(15)16)1-2-12(5-9(17)18)6-10(19)20;4-2-1-3-5/h1-6H2,(H,13,14)(H,15,16)(H,17,18)(H,19,20);1,3,5H,2,4H2. The first kappa shape index (κ1) is 24.6. The molecule has 0 amide bonds. The molecule has 0 aliphatic rings. The maximum absolute atomic E-state index is 10.6. The molecule has 12 heteroatoms. The highest BCUT2D eigenvalue weighted by atomic mass is 16.4. The largest absolute Gasteiger partial charge is 0.516 e. The van der Waals surface area contributed by atoms with E-state index in [4.69, 9.17) is 31.3 Å². The van der Waals surface area contributed by atoms with Gasteiger partial charge in [0.05, 0.1) is 32.4 Å². The zero-order chi connectivity index (χ0) is 19.8. The van der Waals surface area contributed by atoms with Crippen LogP contribution in [-0.2, 0) is 19.2 Å². The summed E-state index contributed by atoms with van der Waals surface area (Å²) in [4.78, 5) is 44.4. The number of hydrogen-bond acceptors (Lipinski definition) is 8. The molecule has 0 aromatic carbocycles. The van der Waals surface area contributed by atoms with Crippen LogP contribution < -0.4 is 5.73 Å². The number of hydrogen-bond donors (Lipinski definition) is 6. The van der Waals surface area contributed by atoms with Crippen LogP contribution >= 0.6 is 0 Å². The summed E-state index contributed by atoms with van der Waals surface area (Å²) < 4.78 is 0. The van der Waals surface area contributed by atoms with Gasteiger partial charge in [-0.1, -0.05) is 0 Å². The van der Waals surface area contributed by atoms with E-state index in [0.29, 0.717) is 6.54 Å². The molecule has 12 nitrogen and oxygen atoms in total. The molecule has 0 aromatic heterocycles. The van der Waals surface area contributed by atoms with Gasteiger partial charge in [-0.05, 0) is 6.08 Å². The monoisotopic (exact) mass is 365 g/mol. The Kier molecular flexibility index (Phi) is 14.6. The Hall–Kier alpha value is -2.70. The van der Waals surface area contributed by atoms with E-state index in [1.54, 1.807) is 0 Å². The molecule has 0 saturated heterocycles. The van der Waals surface area contributed by atoms with Crippen molar-refractivity contribution in [3.63, 3.8) is 0 Å². The average molecular weight is 365 g/mol. The molecular weight excluding hydrogens is 342 g/mol. The second kappa shape index (κ2) is 14.9. The van der Waals surface area contributed by atoms with Crippen LogP contribution in [-0.4, -0.2) is 105 Å². The Labute approximate surface area is 143 Å². The number of rotatable bonds is 12. The topological polar surface area (TPSA) is 202 Å². The molecule has 0 aliphatic heterocycles. The van der Waals surface area contributed by atoms with Crippen molar-refractivity contribution < 1.29 is 44.7 Å². The van der Waals surface area contributed by atoms with Gasteiger partial charge in [-0.25, -0.2) is 0 Å². The highest BCUT2D eigenvalue weighted by Gasteiger charge is 2.17. The van der Waals surface area contributed by atoms with E-state index in [2.05, 4.69) is 0 Å². The van der Waals surface area contributed by atoms with Gasteiger partial charge in [0.1, 0.15) is 0 Å². The van der Waals surface area contributed by atoms with Gasteiger partial charge in [0.25, 0.3) is 0 Å². The molecule has 0 spiro atoms. The molecule has 7 N–H and O–H groups in total. The molecule has 0 saturated carbocycles. The molecule has 0 bridgehead atoms. The fourth-order valence-corrected chi connectivity index (χ4v) is 1.54. The first-order valence-electron chi connectivity index (χ1n) is 6.93. The Bertz CT molecular complexity index is 400. The third-order valence-electron chi connectivity index (χ3n) is 2.41. The lowest BCUT2D eigenvalue weighted by molar-refractivity contribution is -0.145.